The number of hydrogen-bond acceptors (Lipinski definition) is 5. The monoisotopic (exact) mass is 250 g/mol. The highest BCUT2D eigenvalue weighted by atomic mass is 16.6. The van der Waals surface area contributed by atoms with Crippen molar-refractivity contribution in [3.05, 3.63) is 27.9 Å². The zero-order valence-corrected chi connectivity index (χ0v) is 10.9. The lowest BCUT2D eigenvalue weighted by atomic mass is 10.0. The summed E-state index contributed by atoms with van der Waals surface area (Å²) in [5, 5.41) is 14.5. The van der Waals surface area contributed by atoms with Crippen LogP contribution in [0.15, 0.2) is 12.3 Å². The minimum atomic E-state index is -0.357. The van der Waals surface area contributed by atoms with Gasteiger partial charge in [-0.3, -0.25) is 10.1 Å². The highest BCUT2D eigenvalue weighted by Crippen LogP contribution is 2.28. The molecular weight excluding hydrogens is 232 g/mol. The summed E-state index contributed by atoms with van der Waals surface area (Å²) in [5.74, 6) is 0.472. The molecule has 1 aliphatic heterocycles. The fourth-order valence-corrected chi connectivity index (χ4v) is 2.25. The molecule has 1 fully saturated rings. The molecule has 98 valence electrons. The molecule has 1 N–H and O–H groups in total. The summed E-state index contributed by atoms with van der Waals surface area (Å²) in [6.45, 7) is 8.23. The lowest BCUT2D eigenvalue weighted by molar-refractivity contribution is -0.384. The number of hydrogen-bond donors (Lipinski definition) is 1. The van der Waals surface area contributed by atoms with Gasteiger partial charge in [-0.15, -0.1) is 0 Å². The van der Waals surface area contributed by atoms with Gasteiger partial charge in [-0.2, -0.15) is 0 Å². The molecule has 6 heteroatoms. The van der Waals surface area contributed by atoms with Gasteiger partial charge in [-0.1, -0.05) is 0 Å². The molecule has 0 bridgehead atoms. The average Bonchev–Trinajstić information content (AvgIpc) is 2.27. The summed E-state index contributed by atoms with van der Waals surface area (Å²) < 4.78 is 0. The van der Waals surface area contributed by atoms with Crippen LogP contribution < -0.4 is 10.2 Å². The Hall–Kier alpha value is -1.69. The Morgan fingerprint density at radius 2 is 2.28 bits per heavy atom. The molecule has 1 aromatic heterocycles. The normalized spacial score (nSPS) is 18.7. The van der Waals surface area contributed by atoms with Crippen molar-refractivity contribution in [2.45, 2.75) is 26.3 Å². The van der Waals surface area contributed by atoms with Crippen LogP contribution in [0.1, 0.15) is 19.4 Å². The second-order valence-electron chi connectivity index (χ2n) is 5.34. The maximum atomic E-state index is 11.1. The second-order valence-corrected chi connectivity index (χ2v) is 5.34. The van der Waals surface area contributed by atoms with Gasteiger partial charge < -0.3 is 10.2 Å². The van der Waals surface area contributed by atoms with Crippen LogP contribution in [0, 0.1) is 17.0 Å². The number of rotatable bonds is 2. The maximum absolute atomic E-state index is 11.1. The van der Waals surface area contributed by atoms with Crippen molar-refractivity contribution in [3.63, 3.8) is 0 Å². The first-order valence-corrected chi connectivity index (χ1v) is 6.00. The van der Waals surface area contributed by atoms with Crippen molar-refractivity contribution in [1.82, 2.24) is 10.3 Å². The van der Waals surface area contributed by atoms with Gasteiger partial charge in [0.2, 0.25) is 5.82 Å². The third kappa shape index (κ3) is 2.59. The average molecular weight is 250 g/mol. The first kappa shape index (κ1) is 12.8. The Morgan fingerprint density at radius 1 is 1.56 bits per heavy atom. The molecule has 0 amide bonds. The fourth-order valence-electron chi connectivity index (χ4n) is 2.25. The summed E-state index contributed by atoms with van der Waals surface area (Å²) in [6.07, 6.45) is 1.68. The van der Waals surface area contributed by atoms with Crippen molar-refractivity contribution in [1.29, 1.82) is 0 Å². The molecule has 18 heavy (non-hydrogen) atoms. The standard InChI is InChI=1S/C12H18N4O2/c1-9-6-10(16(17)18)11(13-7-9)15-5-4-14-12(2,3)8-15/h6-7,14H,4-5,8H2,1-3H3. The molecule has 0 spiro atoms. The maximum Gasteiger partial charge on any atom is 0.311 e. The van der Waals surface area contributed by atoms with Gasteiger partial charge in [0.05, 0.1) is 4.92 Å². The van der Waals surface area contributed by atoms with Gasteiger partial charge in [0.25, 0.3) is 0 Å². The topological polar surface area (TPSA) is 71.3 Å². The number of nitrogens with one attached hydrogen (secondary N) is 1. The van der Waals surface area contributed by atoms with Crippen LogP contribution in [0.4, 0.5) is 11.5 Å². The van der Waals surface area contributed by atoms with E-state index in [4.69, 9.17) is 0 Å². The largest absolute Gasteiger partial charge is 0.348 e. The number of pyridine rings is 1. The SMILES string of the molecule is Cc1cnc(N2CCNC(C)(C)C2)c([N+](=O)[O-])c1. The quantitative estimate of drug-likeness (QED) is 0.636. The molecule has 2 rings (SSSR count). The number of nitro groups is 1. The Labute approximate surface area is 106 Å². The molecule has 1 aromatic rings. The lowest BCUT2D eigenvalue weighted by Crippen LogP contribution is -2.57. The molecule has 1 aliphatic rings. The summed E-state index contributed by atoms with van der Waals surface area (Å²) >= 11 is 0. The molecule has 0 aliphatic carbocycles. The minimum absolute atomic E-state index is 0.0569. The van der Waals surface area contributed by atoms with Gasteiger partial charge in [0.15, 0.2) is 0 Å². The zero-order valence-electron chi connectivity index (χ0n) is 10.9. The number of nitrogens with zero attached hydrogens (tertiary/aromatic N) is 3. The lowest BCUT2D eigenvalue weighted by Gasteiger charge is -2.39. The summed E-state index contributed by atoms with van der Waals surface area (Å²) in [7, 11) is 0. The molecule has 1 saturated heterocycles. The Kier molecular flexibility index (Phi) is 3.21. The second kappa shape index (κ2) is 4.53. The van der Waals surface area contributed by atoms with E-state index >= 15 is 0 Å². The molecule has 0 aromatic carbocycles. The van der Waals surface area contributed by atoms with Gasteiger partial charge in [-0.25, -0.2) is 4.98 Å². The highest BCUT2D eigenvalue weighted by Gasteiger charge is 2.30. The number of anilines is 1. The summed E-state index contributed by atoms with van der Waals surface area (Å²) in [6, 6.07) is 1.58. The van der Waals surface area contributed by atoms with E-state index in [1.165, 1.54) is 0 Å². The van der Waals surface area contributed by atoms with E-state index in [1.807, 2.05) is 11.8 Å². The van der Waals surface area contributed by atoms with Crippen molar-refractivity contribution < 1.29 is 4.92 Å². The van der Waals surface area contributed by atoms with E-state index < -0.39 is 0 Å². The molecule has 0 unspecified atom stereocenters. The van der Waals surface area contributed by atoms with Gasteiger partial charge in [0.1, 0.15) is 0 Å². The van der Waals surface area contributed by atoms with Crippen LogP contribution in [0.3, 0.4) is 0 Å². The van der Waals surface area contributed by atoms with E-state index in [0.29, 0.717) is 12.4 Å². The first-order valence-electron chi connectivity index (χ1n) is 6.00. The van der Waals surface area contributed by atoms with E-state index in [0.717, 1.165) is 18.7 Å². The number of piperazine rings is 1. The van der Waals surface area contributed by atoms with Crippen LogP contribution in [-0.2, 0) is 0 Å². The third-order valence-electron chi connectivity index (χ3n) is 3.05. The third-order valence-corrected chi connectivity index (χ3v) is 3.05. The summed E-state index contributed by atoms with van der Waals surface area (Å²) in [4.78, 5) is 17.0. The van der Waals surface area contributed by atoms with E-state index in [-0.39, 0.29) is 16.1 Å². The van der Waals surface area contributed by atoms with Crippen molar-refractivity contribution in [3.8, 4) is 0 Å². The first-order chi connectivity index (χ1) is 8.39. The Bertz CT molecular complexity index is 473. The smallest absolute Gasteiger partial charge is 0.311 e. The molecule has 0 radical (unpaired) electrons. The van der Waals surface area contributed by atoms with Crippen LogP contribution in [0.25, 0.3) is 0 Å². The highest BCUT2D eigenvalue weighted by molar-refractivity contribution is 5.59. The number of aromatic nitrogens is 1. The van der Waals surface area contributed by atoms with Crippen molar-refractivity contribution in [2.75, 3.05) is 24.5 Å². The Morgan fingerprint density at radius 3 is 2.89 bits per heavy atom. The molecule has 0 atom stereocenters. The molecular formula is C12H18N4O2. The Balaban J connectivity index is 2.35. The van der Waals surface area contributed by atoms with E-state index in [9.17, 15) is 10.1 Å². The zero-order chi connectivity index (χ0) is 13.3. The molecule has 2 heterocycles. The van der Waals surface area contributed by atoms with Gasteiger partial charge in [-0.05, 0) is 26.3 Å². The predicted octanol–water partition coefficient (Wildman–Crippen LogP) is 1.49. The minimum Gasteiger partial charge on any atom is -0.348 e. The van der Waals surface area contributed by atoms with E-state index in [1.54, 1.807) is 12.3 Å². The van der Waals surface area contributed by atoms with E-state index in [2.05, 4.69) is 24.1 Å². The van der Waals surface area contributed by atoms with Crippen LogP contribution in [-0.4, -0.2) is 35.1 Å². The fraction of sp³-hybridized carbons (Fsp3) is 0.583. The van der Waals surface area contributed by atoms with Crippen molar-refractivity contribution >= 4 is 11.5 Å². The van der Waals surface area contributed by atoms with Crippen LogP contribution >= 0.6 is 0 Å². The van der Waals surface area contributed by atoms with Gasteiger partial charge >= 0.3 is 5.69 Å². The predicted molar refractivity (Wildman–Crippen MR) is 69.9 cm³/mol. The van der Waals surface area contributed by atoms with Crippen molar-refractivity contribution in [2.24, 2.45) is 0 Å². The molecule has 6 nitrogen and oxygen atoms in total. The van der Waals surface area contributed by atoms with Gasteiger partial charge in [0, 0.05) is 37.4 Å². The summed E-state index contributed by atoms with van der Waals surface area (Å²) in [5.41, 5.74) is 0.839. The molecule has 0 saturated carbocycles. The van der Waals surface area contributed by atoms with Crippen LogP contribution in [0.5, 0.6) is 0 Å². The van der Waals surface area contributed by atoms with Crippen LogP contribution in [0.2, 0.25) is 0 Å². The number of aryl methyl sites for hydroxylation is 1.